The molecule has 1 unspecified atom stereocenters. The van der Waals surface area contributed by atoms with Gasteiger partial charge in [-0.1, -0.05) is 30.3 Å². The highest BCUT2D eigenvalue weighted by atomic mass is 32.1. The van der Waals surface area contributed by atoms with Crippen LogP contribution < -0.4 is 5.32 Å². The number of hydrogen-bond acceptors (Lipinski definition) is 4. The monoisotopic (exact) mass is 409 g/mol. The lowest BCUT2D eigenvalue weighted by Crippen LogP contribution is -2.24. The summed E-state index contributed by atoms with van der Waals surface area (Å²) in [6.45, 7) is 6.59. The molecular formula is C23H27N3O2S. The Morgan fingerprint density at radius 1 is 1.31 bits per heavy atom. The summed E-state index contributed by atoms with van der Waals surface area (Å²) < 4.78 is 8.14. The predicted molar refractivity (Wildman–Crippen MR) is 116 cm³/mol. The van der Waals surface area contributed by atoms with Crippen LogP contribution in [0.4, 0.5) is 0 Å². The van der Waals surface area contributed by atoms with Crippen molar-refractivity contribution in [2.24, 2.45) is 0 Å². The summed E-state index contributed by atoms with van der Waals surface area (Å²) in [4.78, 5) is 17.0. The number of nitrogens with zero attached hydrogens (tertiary/aromatic N) is 2. The molecule has 1 saturated heterocycles. The molecule has 3 heterocycles. The SMILES string of the molecule is Cc1cc(-c2csc(CC(=O)NCc3ccccc3)n2)c(C)n1CC1CCCO1. The van der Waals surface area contributed by atoms with Crippen LogP contribution in [0.1, 0.15) is 34.8 Å². The van der Waals surface area contributed by atoms with Crippen molar-refractivity contribution in [2.75, 3.05) is 6.61 Å². The zero-order valence-corrected chi connectivity index (χ0v) is 17.8. The van der Waals surface area contributed by atoms with Crippen molar-refractivity contribution in [3.63, 3.8) is 0 Å². The van der Waals surface area contributed by atoms with Crippen molar-refractivity contribution in [2.45, 2.75) is 52.3 Å². The first-order valence-corrected chi connectivity index (χ1v) is 11.0. The minimum atomic E-state index is -0.00129. The molecule has 0 bridgehead atoms. The molecule has 1 fully saturated rings. The number of ether oxygens (including phenoxy) is 1. The third-order valence-electron chi connectivity index (χ3n) is 5.46. The predicted octanol–water partition coefficient (Wildman–Crippen LogP) is 4.27. The number of carbonyl (C=O) groups excluding carboxylic acids is 1. The first kappa shape index (κ1) is 19.9. The van der Waals surface area contributed by atoms with Crippen LogP contribution in [-0.2, 0) is 29.0 Å². The number of carbonyl (C=O) groups is 1. The van der Waals surface area contributed by atoms with Crippen LogP contribution in [-0.4, -0.2) is 28.2 Å². The van der Waals surface area contributed by atoms with E-state index in [1.807, 2.05) is 30.3 Å². The first-order chi connectivity index (χ1) is 14.1. The van der Waals surface area contributed by atoms with Crippen LogP contribution in [0.25, 0.3) is 11.3 Å². The van der Waals surface area contributed by atoms with Crippen molar-refractivity contribution in [3.8, 4) is 11.3 Å². The van der Waals surface area contributed by atoms with E-state index in [4.69, 9.17) is 9.72 Å². The van der Waals surface area contributed by atoms with E-state index < -0.39 is 0 Å². The van der Waals surface area contributed by atoms with E-state index in [1.165, 1.54) is 11.4 Å². The maximum Gasteiger partial charge on any atom is 0.227 e. The van der Waals surface area contributed by atoms with E-state index in [2.05, 4.69) is 35.2 Å². The molecule has 1 atom stereocenters. The Kier molecular flexibility index (Phi) is 6.11. The number of rotatable bonds is 7. The molecule has 6 heteroatoms. The van der Waals surface area contributed by atoms with Crippen LogP contribution in [0.2, 0.25) is 0 Å². The van der Waals surface area contributed by atoms with Gasteiger partial charge in [-0.05, 0) is 38.3 Å². The van der Waals surface area contributed by atoms with Gasteiger partial charge in [0, 0.05) is 42.0 Å². The standard InChI is InChI=1S/C23H27N3O2S/c1-16-11-20(17(2)26(16)14-19-9-6-10-28-19)21-15-29-23(25-21)12-22(27)24-13-18-7-4-3-5-8-18/h3-5,7-8,11,15,19H,6,9-10,12-14H2,1-2H3,(H,24,27). The third kappa shape index (κ3) is 4.77. The molecule has 0 spiro atoms. The molecule has 1 aliphatic heterocycles. The second-order valence-electron chi connectivity index (χ2n) is 7.60. The van der Waals surface area contributed by atoms with Crippen molar-refractivity contribution in [1.29, 1.82) is 0 Å². The molecule has 29 heavy (non-hydrogen) atoms. The van der Waals surface area contributed by atoms with Gasteiger partial charge >= 0.3 is 0 Å². The number of aromatic nitrogens is 2. The average molecular weight is 410 g/mol. The van der Waals surface area contributed by atoms with Gasteiger partial charge in [0.05, 0.1) is 18.2 Å². The van der Waals surface area contributed by atoms with Gasteiger partial charge in [-0.2, -0.15) is 0 Å². The normalized spacial score (nSPS) is 16.3. The van der Waals surface area contributed by atoms with Gasteiger partial charge in [0.2, 0.25) is 5.91 Å². The largest absolute Gasteiger partial charge is 0.376 e. The topological polar surface area (TPSA) is 56.2 Å². The summed E-state index contributed by atoms with van der Waals surface area (Å²) in [6, 6.07) is 12.1. The molecule has 1 aromatic carbocycles. The summed E-state index contributed by atoms with van der Waals surface area (Å²) in [5.74, 6) is -0.00129. The van der Waals surface area contributed by atoms with Crippen molar-refractivity contribution < 1.29 is 9.53 Å². The van der Waals surface area contributed by atoms with Crippen LogP contribution in [0, 0.1) is 13.8 Å². The fraction of sp³-hybridized carbons (Fsp3) is 0.391. The molecule has 0 aliphatic carbocycles. The molecule has 152 valence electrons. The fourth-order valence-corrected chi connectivity index (χ4v) is 4.64. The Bertz CT molecular complexity index is 971. The molecule has 0 saturated carbocycles. The van der Waals surface area contributed by atoms with E-state index >= 15 is 0 Å². The number of hydrogen-bond donors (Lipinski definition) is 1. The van der Waals surface area contributed by atoms with Gasteiger partial charge < -0.3 is 14.6 Å². The van der Waals surface area contributed by atoms with E-state index in [0.717, 1.165) is 47.8 Å². The van der Waals surface area contributed by atoms with Crippen LogP contribution in [0.3, 0.4) is 0 Å². The van der Waals surface area contributed by atoms with Gasteiger partial charge in [0.1, 0.15) is 5.01 Å². The van der Waals surface area contributed by atoms with Crippen LogP contribution in [0.5, 0.6) is 0 Å². The lowest BCUT2D eigenvalue weighted by atomic mass is 10.2. The Hall–Kier alpha value is -2.44. The molecule has 1 aliphatic rings. The Labute approximate surface area is 175 Å². The lowest BCUT2D eigenvalue weighted by Gasteiger charge is -2.14. The smallest absolute Gasteiger partial charge is 0.227 e. The Morgan fingerprint density at radius 2 is 2.14 bits per heavy atom. The second kappa shape index (κ2) is 8.93. The molecule has 2 aromatic heterocycles. The molecule has 1 amide bonds. The molecular weight excluding hydrogens is 382 g/mol. The summed E-state index contributed by atoms with van der Waals surface area (Å²) in [6.07, 6.45) is 2.91. The highest BCUT2D eigenvalue weighted by Crippen LogP contribution is 2.29. The fourth-order valence-electron chi connectivity index (χ4n) is 3.85. The maximum atomic E-state index is 12.3. The minimum absolute atomic E-state index is 0.00129. The molecule has 3 aromatic rings. The zero-order valence-electron chi connectivity index (χ0n) is 17.0. The highest BCUT2D eigenvalue weighted by Gasteiger charge is 2.20. The Balaban J connectivity index is 1.40. The summed E-state index contributed by atoms with van der Waals surface area (Å²) in [5.41, 5.74) is 5.63. The molecule has 0 radical (unpaired) electrons. The number of amides is 1. The van der Waals surface area contributed by atoms with Crippen molar-refractivity contribution in [1.82, 2.24) is 14.9 Å². The van der Waals surface area contributed by atoms with Crippen molar-refractivity contribution >= 4 is 17.2 Å². The van der Waals surface area contributed by atoms with E-state index in [1.54, 1.807) is 11.3 Å². The van der Waals surface area contributed by atoms with Crippen molar-refractivity contribution in [3.05, 3.63) is 63.7 Å². The number of benzene rings is 1. The van der Waals surface area contributed by atoms with Gasteiger partial charge in [-0.3, -0.25) is 4.79 Å². The number of thiazole rings is 1. The average Bonchev–Trinajstić information content (AvgIpc) is 3.45. The van der Waals surface area contributed by atoms with E-state index in [0.29, 0.717) is 19.1 Å². The second-order valence-corrected chi connectivity index (χ2v) is 8.54. The lowest BCUT2D eigenvalue weighted by molar-refractivity contribution is -0.120. The molecule has 1 N–H and O–H groups in total. The van der Waals surface area contributed by atoms with Gasteiger partial charge in [0.15, 0.2) is 0 Å². The Morgan fingerprint density at radius 3 is 2.90 bits per heavy atom. The zero-order chi connectivity index (χ0) is 20.2. The van der Waals surface area contributed by atoms with Gasteiger partial charge in [-0.15, -0.1) is 11.3 Å². The first-order valence-electron chi connectivity index (χ1n) is 10.1. The minimum Gasteiger partial charge on any atom is -0.376 e. The summed E-state index contributed by atoms with van der Waals surface area (Å²) in [5, 5.41) is 5.87. The maximum absolute atomic E-state index is 12.3. The van der Waals surface area contributed by atoms with Gasteiger partial charge in [-0.25, -0.2) is 4.98 Å². The molecule has 4 rings (SSSR count). The van der Waals surface area contributed by atoms with Crippen LogP contribution >= 0.6 is 11.3 Å². The molecule has 5 nitrogen and oxygen atoms in total. The van der Waals surface area contributed by atoms with Gasteiger partial charge in [0.25, 0.3) is 0 Å². The quantitative estimate of drug-likeness (QED) is 0.634. The van der Waals surface area contributed by atoms with E-state index in [-0.39, 0.29) is 5.91 Å². The number of aryl methyl sites for hydroxylation is 1. The van der Waals surface area contributed by atoms with E-state index in [9.17, 15) is 4.79 Å². The highest BCUT2D eigenvalue weighted by molar-refractivity contribution is 7.10. The number of nitrogens with one attached hydrogen (secondary N) is 1. The summed E-state index contributed by atoms with van der Waals surface area (Å²) in [7, 11) is 0. The summed E-state index contributed by atoms with van der Waals surface area (Å²) >= 11 is 1.55. The van der Waals surface area contributed by atoms with Crippen LogP contribution in [0.15, 0.2) is 41.8 Å². The third-order valence-corrected chi connectivity index (χ3v) is 6.30.